The molecule has 0 saturated carbocycles. The molecule has 1 heterocycles. The van der Waals surface area contributed by atoms with Gasteiger partial charge < -0.3 is 5.32 Å². The van der Waals surface area contributed by atoms with Crippen LogP contribution < -0.4 is 5.32 Å². The molecule has 2 atom stereocenters. The zero-order valence-electron chi connectivity index (χ0n) is 11.8. The first-order valence-corrected chi connectivity index (χ1v) is 6.91. The van der Waals surface area contributed by atoms with Crippen LogP contribution in [-0.2, 0) is 0 Å². The summed E-state index contributed by atoms with van der Waals surface area (Å²) in [6.07, 6.45) is 1.76. The zero-order valence-corrected chi connectivity index (χ0v) is 11.8. The number of benzene rings is 1. The van der Waals surface area contributed by atoms with E-state index in [4.69, 9.17) is 0 Å². The standard InChI is InChI=1S/C15H22F2N2/c1-10(2)19-8-7-11(18-3)9-14(19)15-12(16)5-4-6-13(15)17/h4-6,10-11,14,18H,7-9H2,1-3H3. The fraction of sp³-hybridized carbons (Fsp3) is 0.600. The molecule has 0 aromatic heterocycles. The maximum atomic E-state index is 14.0. The molecule has 19 heavy (non-hydrogen) atoms. The third-order valence-corrected chi connectivity index (χ3v) is 4.05. The van der Waals surface area contributed by atoms with E-state index in [1.165, 1.54) is 18.2 Å². The van der Waals surface area contributed by atoms with Gasteiger partial charge in [0.15, 0.2) is 0 Å². The molecule has 2 rings (SSSR count). The minimum atomic E-state index is -0.438. The first kappa shape index (κ1) is 14.4. The van der Waals surface area contributed by atoms with Gasteiger partial charge >= 0.3 is 0 Å². The second kappa shape index (κ2) is 5.97. The molecule has 1 aromatic carbocycles. The predicted molar refractivity (Wildman–Crippen MR) is 73.0 cm³/mol. The van der Waals surface area contributed by atoms with E-state index in [0.717, 1.165) is 19.4 Å². The van der Waals surface area contributed by atoms with E-state index < -0.39 is 11.6 Å². The molecule has 1 N–H and O–H groups in total. The van der Waals surface area contributed by atoms with E-state index in [1.807, 2.05) is 7.05 Å². The average molecular weight is 268 g/mol. The van der Waals surface area contributed by atoms with Gasteiger partial charge in [0, 0.05) is 30.2 Å². The lowest BCUT2D eigenvalue weighted by Gasteiger charge is -2.42. The normalized spacial score (nSPS) is 24.9. The molecule has 2 unspecified atom stereocenters. The third-order valence-electron chi connectivity index (χ3n) is 4.05. The number of halogens is 2. The monoisotopic (exact) mass is 268 g/mol. The van der Waals surface area contributed by atoms with Crippen molar-refractivity contribution in [3.8, 4) is 0 Å². The van der Waals surface area contributed by atoms with E-state index in [1.54, 1.807) is 0 Å². The largest absolute Gasteiger partial charge is 0.317 e. The van der Waals surface area contributed by atoms with Crippen molar-refractivity contribution >= 4 is 0 Å². The van der Waals surface area contributed by atoms with Crippen molar-refractivity contribution in [2.24, 2.45) is 0 Å². The molecule has 1 aliphatic heterocycles. The summed E-state index contributed by atoms with van der Waals surface area (Å²) in [5.74, 6) is -0.875. The van der Waals surface area contributed by atoms with Gasteiger partial charge in [-0.3, -0.25) is 4.90 Å². The smallest absolute Gasteiger partial charge is 0.130 e. The fourth-order valence-electron chi connectivity index (χ4n) is 2.98. The minimum Gasteiger partial charge on any atom is -0.317 e. The molecule has 1 aliphatic rings. The molecule has 1 saturated heterocycles. The van der Waals surface area contributed by atoms with Crippen molar-refractivity contribution in [3.63, 3.8) is 0 Å². The van der Waals surface area contributed by atoms with Crippen molar-refractivity contribution in [2.45, 2.75) is 44.8 Å². The second-order valence-electron chi connectivity index (χ2n) is 5.49. The molecule has 0 aliphatic carbocycles. The lowest BCUT2D eigenvalue weighted by atomic mass is 9.90. The lowest BCUT2D eigenvalue weighted by molar-refractivity contribution is 0.0897. The van der Waals surface area contributed by atoms with Gasteiger partial charge in [0.1, 0.15) is 11.6 Å². The maximum Gasteiger partial charge on any atom is 0.130 e. The number of nitrogens with zero attached hydrogens (tertiary/aromatic N) is 1. The summed E-state index contributed by atoms with van der Waals surface area (Å²) < 4.78 is 28.0. The number of piperidine rings is 1. The molecular formula is C15H22F2N2. The Morgan fingerprint density at radius 3 is 2.42 bits per heavy atom. The first-order chi connectivity index (χ1) is 9.04. The molecule has 0 radical (unpaired) electrons. The summed E-state index contributed by atoms with van der Waals surface area (Å²) in [5, 5.41) is 3.23. The Kier molecular flexibility index (Phi) is 4.53. The first-order valence-electron chi connectivity index (χ1n) is 6.91. The van der Waals surface area contributed by atoms with Gasteiger partial charge in [0.2, 0.25) is 0 Å². The SMILES string of the molecule is CNC1CCN(C(C)C)C(c2c(F)cccc2F)C1. The number of rotatable bonds is 3. The van der Waals surface area contributed by atoms with Crippen LogP contribution in [0.3, 0.4) is 0 Å². The Balaban J connectivity index is 2.36. The molecule has 1 fully saturated rings. The van der Waals surface area contributed by atoms with Crippen LogP contribution in [0.2, 0.25) is 0 Å². The molecule has 4 heteroatoms. The highest BCUT2D eigenvalue weighted by Crippen LogP contribution is 2.35. The highest BCUT2D eigenvalue weighted by atomic mass is 19.1. The van der Waals surface area contributed by atoms with E-state index >= 15 is 0 Å². The van der Waals surface area contributed by atoms with Crippen molar-refractivity contribution < 1.29 is 8.78 Å². The Bertz CT molecular complexity index is 414. The molecule has 0 spiro atoms. The molecule has 106 valence electrons. The predicted octanol–water partition coefficient (Wildman–Crippen LogP) is 3.10. The number of hydrogen-bond acceptors (Lipinski definition) is 2. The van der Waals surface area contributed by atoms with Crippen molar-refractivity contribution in [1.82, 2.24) is 10.2 Å². The molecule has 0 bridgehead atoms. The Labute approximate surface area is 113 Å². The summed E-state index contributed by atoms with van der Waals surface area (Å²) >= 11 is 0. The zero-order chi connectivity index (χ0) is 14.0. The van der Waals surface area contributed by atoms with Crippen LogP contribution in [-0.4, -0.2) is 30.6 Å². The second-order valence-corrected chi connectivity index (χ2v) is 5.49. The Hall–Kier alpha value is -1.00. The minimum absolute atomic E-state index is 0.188. The van der Waals surface area contributed by atoms with Crippen LogP contribution in [0.5, 0.6) is 0 Å². The van der Waals surface area contributed by atoms with Crippen LogP contribution in [0, 0.1) is 11.6 Å². The average Bonchev–Trinajstić information content (AvgIpc) is 2.38. The Morgan fingerprint density at radius 2 is 1.89 bits per heavy atom. The van der Waals surface area contributed by atoms with Crippen molar-refractivity contribution in [2.75, 3.05) is 13.6 Å². The number of nitrogens with one attached hydrogen (secondary N) is 1. The molecular weight excluding hydrogens is 246 g/mol. The third kappa shape index (κ3) is 2.95. The van der Waals surface area contributed by atoms with Gasteiger partial charge in [0.05, 0.1) is 0 Å². The van der Waals surface area contributed by atoms with Gasteiger partial charge in [-0.25, -0.2) is 8.78 Å². The van der Waals surface area contributed by atoms with E-state index in [9.17, 15) is 8.78 Å². The van der Waals surface area contributed by atoms with Crippen LogP contribution >= 0.6 is 0 Å². The Morgan fingerprint density at radius 1 is 1.26 bits per heavy atom. The van der Waals surface area contributed by atoms with E-state index in [0.29, 0.717) is 6.04 Å². The number of likely N-dealkylation sites (tertiary alicyclic amines) is 1. The topological polar surface area (TPSA) is 15.3 Å². The summed E-state index contributed by atoms with van der Waals surface area (Å²) in [4.78, 5) is 2.19. The fourth-order valence-corrected chi connectivity index (χ4v) is 2.98. The van der Waals surface area contributed by atoms with Gasteiger partial charge in [-0.1, -0.05) is 6.07 Å². The van der Waals surface area contributed by atoms with Crippen molar-refractivity contribution in [3.05, 3.63) is 35.4 Å². The van der Waals surface area contributed by atoms with Gasteiger partial charge in [-0.2, -0.15) is 0 Å². The number of hydrogen-bond donors (Lipinski definition) is 1. The van der Waals surface area contributed by atoms with Crippen LogP contribution in [0.15, 0.2) is 18.2 Å². The van der Waals surface area contributed by atoms with Gasteiger partial charge in [-0.15, -0.1) is 0 Å². The van der Waals surface area contributed by atoms with Gasteiger partial charge in [0.25, 0.3) is 0 Å². The maximum absolute atomic E-state index is 14.0. The van der Waals surface area contributed by atoms with E-state index in [2.05, 4.69) is 24.1 Å². The van der Waals surface area contributed by atoms with Crippen LogP contribution in [0.4, 0.5) is 8.78 Å². The summed E-state index contributed by atoms with van der Waals surface area (Å²) in [7, 11) is 1.91. The van der Waals surface area contributed by atoms with E-state index in [-0.39, 0.29) is 17.6 Å². The summed E-state index contributed by atoms with van der Waals surface area (Å²) in [6, 6.07) is 4.53. The highest BCUT2D eigenvalue weighted by Gasteiger charge is 2.33. The quantitative estimate of drug-likeness (QED) is 0.906. The summed E-state index contributed by atoms with van der Waals surface area (Å²) in [5.41, 5.74) is 0.219. The molecule has 2 nitrogen and oxygen atoms in total. The summed E-state index contributed by atoms with van der Waals surface area (Å²) in [6.45, 7) is 5.01. The van der Waals surface area contributed by atoms with Gasteiger partial charge in [-0.05, 0) is 45.9 Å². The van der Waals surface area contributed by atoms with Crippen LogP contribution in [0.25, 0.3) is 0 Å². The van der Waals surface area contributed by atoms with Crippen molar-refractivity contribution in [1.29, 1.82) is 0 Å². The highest BCUT2D eigenvalue weighted by molar-refractivity contribution is 5.24. The lowest BCUT2D eigenvalue weighted by Crippen LogP contribution is -2.46. The van der Waals surface area contributed by atoms with Crippen LogP contribution in [0.1, 0.15) is 38.3 Å². The molecule has 0 amide bonds. The molecule has 1 aromatic rings.